The van der Waals surface area contributed by atoms with Crippen molar-refractivity contribution in [1.82, 2.24) is 4.98 Å². The van der Waals surface area contributed by atoms with Crippen LogP contribution in [-0.2, 0) is 0 Å². The van der Waals surface area contributed by atoms with E-state index in [4.69, 9.17) is 0 Å². The summed E-state index contributed by atoms with van der Waals surface area (Å²) >= 11 is 0. The summed E-state index contributed by atoms with van der Waals surface area (Å²) in [5.74, 6) is 0. The molecule has 0 bridgehead atoms. The van der Waals surface area contributed by atoms with E-state index in [1.54, 1.807) is 6.20 Å². The minimum absolute atomic E-state index is 0.700. The molecule has 22 heavy (non-hydrogen) atoms. The molecule has 3 aromatic rings. The molecule has 0 spiro atoms. The van der Waals surface area contributed by atoms with E-state index in [2.05, 4.69) is 29.4 Å². The summed E-state index contributed by atoms with van der Waals surface area (Å²) in [7, 11) is 0. The summed E-state index contributed by atoms with van der Waals surface area (Å²) in [6.07, 6.45) is 4.75. The highest BCUT2D eigenvalue weighted by molar-refractivity contribution is 6.01. The number of nitrogens with one attached hydrogen (secondary N) is 1. The predicted octanol–water partition coefficient (Wildman–Crippen LogP) is 4.60. The molecule has 1 N–H and O–H groups in total. The highest BCUT2D eigenvalue weighted by Crippen LogP contribution is 2.34. The first kappa shape index (κ1) is 14.1. The Morgan fingerprint density at radius 3 is 2.64 bits per heavy atom. The first-order valence-corrected chi connectivity index (χ1v) is 7.45. The number of anilines is 1. The number of hydrogen-bond acceptors (Lipinski definition) is 3. The minimum Gasteiger partial charge on any atom is -0.384 e. The van der Waals surface area contributed by atoms with E-state index in [0.29, 0.717) is 5.56 Å². The Kier molecular flexibility index (Phi) is 4.02. The number of aromatic nitrogens is 1. The molecule has 0 radical (unpaired) electrons. The van der Waals surface area contributed by atoms with Crippen molar-refractivity contribution >= 4 is 16.5 Å². The van der Waals surface area contributed by atoms with Crippen molar-refractivity contribution in [2.75, 3.05) is 11.9 Å². The normalized spacial score (nSPS) is 10.4. The summed E-state index contributed by atoms with van der Waals surface area (Å²) in [5.41, 5.74) is 3.94. The fraction of sp³-hybridized carbons (Fsp3) is 0.158. The van der Waals surface area contributed by atoms with Crippen molar-refractivity contribution in [3.8, 4) is 17.2 Å². The Hall–Kier alpha value is -2.86. The van der Waals surface area contributed by atoms with Crippen LogP contribution in [0.15, 0.2) is 54.9 Å². The van der Waals surface area contributed by atoms with E-state index in [1.165, 1.54) is 0 Å². The lowest BCUT2D eigenvalue weighted by molar-refractivity contribution is 0.979. The van der Waals surface area contributed by atoms with Crippen LogP contribution >= 0.6 is 0 Å². The Morgan fingerprint density at radius 2 is 1.86 bits per heavy atom. The zero-order valence-corrected chi connectivity index (χ0v) is 12.5. The second-order valence-electron chi connectivity index (χ2n) is 5.17. The maximum Gasteiger partial charge on any atom is 0.0998 e. The Morgan fingerprint density at radius 1 is 1.05 bits per heavy atom. The largest absolute Gasteiger partial charge is 0.384 e. The van der Waals surface area contributed by atoms with Gasteiger partial charge in [-0.15, -0.1) is 0 Å². The molecule has 0 atom stereocenters. The number of pyridine rings is 1. The summed E-state index contributed by atoms with van der Waals surface area (Å²) < 4.78 is 0. The Labute approximate surface area is 130 Å². The predicted molar refractivity (Wildman–Crippen MR) is 90.7 cm³/mol. The van der Waals surface area contributed by atoms with E-state index in [1.807, 2.05) is 42.6 Å². The second-order valence-corrected chi connectivity index (χ2v) is 5.17. The molecule has 2 aromatic carbocycles. The van der Waals surface area contributed by atoms with Gasteiger partial charge in [0.2, 0.25) is 0 Å². The molecule has 0 amide bonds. The summed E-state index contributed by atoms with van der Waals surface area (Å²) in [5, 5.41) is 14.8. The van der Waals surface area contributed by atoms with Crippen molar-refractivity contribution in [2.24, 2.45) is 0 Å². The fourth-order valence-corrected chi connectivity index (χ4v) is 2.65. The SMILES string of the molecule is CCCNc1ccncc1-c1ccc(C#N)c2ccccc12. The van der Waals surface area contributed by atoms with Gasteiger partial charge in [0, 0.05) is 35.6 Å². The molecule has 0 aliphatic heterocycles. The third-order valence-electron chi connectivity index (χ3n) is 3.72. The third-order valence-corrected chi connectivity index (χ3v) is 3.72. The summed E-state index contributed by atoms with van der Waals surface area (Å²) in [6, 6.07) is 16.2. The van der Waals surface area contributed by atoms with E-state index in [0.717, 1.165) is 40.6 Å². The van der Waals surface area contributed by atoms with E-state index in [9.17, 15) is 5.26 Å². The summed E-state index contributed by atoms with van der Waals surface area (Å²) in [6.45, 7) is 3.07. The Bertz CT molecular complexity index is 847. The zero-order valence-electron chi connectivity index (χ0n) is 12.5. The molecule has 0 saturated heterocycles. The van der Waals surface area contributed by atoms with Crippen LogP contribution in [0.4, 0.5) is 5.69 Å². The average molecular weight is 287 g/mol. The lowest BCUT2D eigenvalue weighted by Gasteiger charge is -2.13. The van der Waals surface area contributed by atoms with Crippen LogP contribution in [0.2, 0.25) is 0 Å². The van der Waals surface area contributed by atoms with Crippen LogP contribution < -0.4 is 5.32 Å². The third kappa shape index (κ3) is 2.51. The van der Waals surface area contributed by atoms with Crippen LogP contribution in [0.5, 0.6) is 0 Å². The van der Waals surface area contributed by atoms with Crippen LogP contribution in [0, 0.1) is 11.3 Å². The molecule has 108 valence electrons. The van der Waals surface area contributed by atoms with Crippen LogP contribution in [0.3, 0.4) is 0 Å². The maximum absolute atomic E-state index is 9.29. The van der Waals surface area contributed by atoms with E-state index < -0.39 is 0 Å². The van der Waals surface area contributed by atoms with Crippen LogP contribution in [-0.4, -0.2) is 11.5 Å². The van der Waals surface area contributed by atoms with Gasteiger partial charge in [-0.3, -0.25) is 4.98 Å². The molecule has 0 aliphatic carbocycles. The van der Waals surface area contributed by atoms with Gasteiger partial charge in [0.15, 0.2) is 0 Å². The lowest BCUT2D eigenvalue weighted by atomic mass is 9.95. The number of rotatable bonds is 4. The monoisotopic (exact) mass is 287 g/mol. The first-order chi connectivity index (χ1) is 10.8. The quantitative estimate of drug-likeness (QED) is 0.763. The van der Waals surface area contributed by atoms with Gasteiger partial charge in [0.05, 0.1) is 11.6 Å². The zero-order chi connectivity index (χ0) is 15.4. The molecule has 0 aliphatic rings. The van der Waals surface area contributed by atoms with E-state index >= 15 is 0 Å². The van der Waals surface area contributed by atoms with E-state index in [-0.39, 0.29) is 0 Å². The van der Waals surface area contributed by atoms with Gasteiger partial charge in [0.25, 0.3) is 0 Å². The van der Waals surface area contributed by atoms with Crippen molar-refractivity contribution < 1.29 is 0 Å². The van der Waals surface area contributed by atoms with Crippen molar-refractivity contribution in [3.05, 3.63) is 60.4 Å². The molecule has 1 aromatic heterocycles. The molecular formula is C19H17N3. The summed E-state index contributed by atoms with van der Waals surface area (Å²) in [4.78, 5) is 4.27. The lowest BCUT2D eigenvalue weighted by Crippen LogP contribution is -2.01. The first-order valence-electron chi connectivity index (χ1n) is 7.45. The second kappa shape index (κ2) is 6.28. The van der Waals surface area contributed by atoms with Crippen LogP contribution in [0.1, 0.15) is 18.9 Å². The molecule has 3 nitrogen and oxygen atoms in total. The van der Waals surface area contributed by atoms with Gasteiger partial charge >= 0.3 is 0 Å². The molecule has 0 saturated carbocycles. The highest BCUT2D eigenvalue weighted by atomic mass is 14.9. The number of hydrogen-bond donors (Lipinski definition) is 1. The molecule has 1 heterocycles. The van der Waals surface area contributed by atoms with Crippen LogP contribution in [0.25, 0.3) is 21.9 Å². The molecule has 3 heteroatoms. The molecule has 3 rings (SSSR count). The van der Waals surface area contributed by atoms with Gasteiger partial charge < -0.3 is 5.32 Å². The standard InChI is InChI=1S/C19H17N3/c1-2-10-22-19-9-11-21-13-18(19)17-8-7-14(12-20)15-5-3-4-6-16(15)17/h3-9,11,13H,2,10H2,1H3,(H,21,22). The van der Waals surface area contributed by atoms with Gasteiger partial charge in [-0.25, -0.2) is 0 Å². The minimum atomic E-state index is 0.700. The van der Waals surface area contributed by atoms with Crippen molar-refractivity contribution in [2.45, 2.75) is 13.3 Å². The molecule has 0 unspecified atom stereocenters. The topological polar surface area (TPSA) is 48.7 Å². The molecule has 0 fully saturated rings. The number of benzene rings is 2. The van der Waals surface area contributed by atoms with Gasteiger partial charge in [-0.1, -0.05) is 37.3 Å². The number of nitriles is 1. The van der Waals surface area contributed by atoms with Gasteiger partial charge in [-0.2, -0.15) is 5.26 Å². The smallest absolute Gasteiger partial charge is 0.0998 e. The number of fused-ring (bicyclic) bond motifs is 1. The van der Waals surface area contributed by atoms with Crippen molar-refractivity contribution in [1.29, 1.82) is 5.26 Å². The van der Waals surface area contributed by atoms with Crippen molar-refractivity contribution in [3.63, 3.8) is 0 Å². The van der Waals surface area contributed by atoms with Gasteiger partial charge in [-0.05, 0) is 29.5 Å². The number of nitrogens with zero attached hydrogens (tertiary/aromatic N) is 2. The fourth-order valence-electron chi connectivity index (χ4n) is 2.65. The highest BCUT2D eigenvalue weighted by Gasteiger charge is 2.10. The maximum atomic E-state index is 9.29. The average Bonchev–Trinajstić information content (AvgIpc) is 2.59. The Balaban J connectivity index is 2.22. The molecular weight excluding hydrogens is 270 g/mol. The van der Waals surface area contributed by atoms with Gasteiger partial charge in [0.1, 0.15) is 0 Å².